The summed E-state index contributed by atoms with van der Waals surface area (Å²) in [5.41, 5.74) is -0.117. The number of nitrogens with zero attached hydrogens (tertiary/aromatic N) is 1. The maximum atomic E-state index is 13.3. The van der Waals surface area contributed by atoms with Crippen LogP contribution >= 0.6 is 0 Å². The van der Waals surface area contributed by atoms with Gasteiger partial charge < -0.3 is 4.90 Å². The first-order valence-corrected chi connectivity index (χ1v) is 12.1. The normalized spacial score (nSPS) is 41.8. The average Bonchev–Trinajstić information content (AvgIpc) is 2.52. The molecule has 1 amide bonds. The van der Waals surface area contributed by atoms with Gasteiger partial charge in [0.1, 0.15) is 0 Å². The molecule has 5 saturated carbocycles. The quantitative estimate of drug-likeness (QED) is 0.772. The Kier molecular flexibility index (Phi) is 3.79. The van der Waals surface area contributed by atoms with Crippen molar-refractivity contribution < 1.29 is 13.2 Å². The highest BCUT2D eigenvalue weighted by molar-refractivity contribution is 7.92. The van der Waals surface area contributed by atoms with Crippen LogP contribution in [-0.2, 0) is 14.6 Å². The summed E-state index contributed by atoms with van der Waals surface area (Å²) in [5, 5.41) is -0.420. The molecule has 1 aliphatic heterocycles. The molecule has 0 aromatic carbocycles. The Hall–Kier alpha value is -0.580. The van der Waals surface area contributed by atoms with E-state index in [1.807, 2.05) is 4.90 Å². The van der Waals surface area contributed by atoms with Crippen LogP contribution in [0.1, 0.15) is 70.6 Å². The summed E-state index contributed by atoms with van der Waals surface area (Å²) in [4.78, 5) is 15.2. The lowest BCUT2D eigenvalue weighted by molar-refractivity contribution is -0.161. The molecule has 6 aliphatic rings. The van der Waals surface area contributed by atoms with Gasteiger partial charge >= 0.3 is 0 Å². The van der Waals surface area contributed by atoms with Crippen LogP contribution in [0.3, 0.4) is 0 Å². The van der Waals surface area contributed by atoms with Crippen LogP contribution in [-0.4, -0.2) is 42.8 Å². The van der Waals surface area contributed by atoms with Crippen LogP contribution in [0, 0.1) is 23.2 Å². The highest BCUT2D eigenvalue weighted by atomic mass is 32.2. The summed E-state index contributed by atoms with van der Waals surface area (Å²) in [6.45, 7) is 0.943. The molecule has 1 saturated heterocycles. The third-order valence-corrected chi connectivity index (χ3v) is 10.7. The number of carbonyl (C=O) groups is 1. The number of sulfone groups is 1. The monoisotopic (exact) mass is 365 g/mol. The van der Waals surface area contributed by atoms with Gasteiger partial charge in [-0.15, -0.1) is 0 Å². The van der Waals surface area contributed by atoms with Crippen molar-refractivity contribution in [3.63, 3.8) is 0 Å². The van der Waals surface area contributed by atoms with E-state index < -0.39 is 9.84 Å². The van der Waals surface area contributed by atoms with Crippen molar-refractivity contribution in [3.8, 4) is 0 Å². The van der Waals surface area contributed by atoms with Crippen LogP contribution in [0.5, 0.6) is 0 Å². The van der Waals surface area contributed by atoms with Crippen LogP contribution < -0.4 is 0 Å². The third kappa shape index (κ3) is 2.59. The minimum Gasteiger partial charge on any atom is -0.339 e. The van der Waals surface area contributed by atoms with Crippen molar-refractivity contribution in [2.75, 3.05) is 13.1 Å². The fourth-order valence-corrected chi connectivity index (χ4v) is 9.50. The first kappa shape index (κ1) is 16.6. The SMILES string of the molecule is O=C(N1CC(S(=O)(=O)C2CCCCC2)C1)C12CC3CC(CC(C3)C1)C2. The van der Waals surface area contributed by atoms with Crippen molar-refractivity contribution in [2.24, 2.45) is 23.2 Å². The second-order valence-corrected chi connectivity index (χ2v) is 12.4. The van der Waals surface area contributed by atoms with Gasteiger partial charge in [-0.05, 0) is 69.1 Å². The summed E-state index contributed by atoms with van der Waals surface area (Å²) >= 11 is 0. The highest BCUT2D eigenvalue weighted by Crippen LogP contribution is 2.60. The molecule has 4 bridgehead atoms. The van der Waals surface area contributed by atoms with Crippen LogP contribution in [0.4, 0.5) is 0 Å². The lowest BCUT2D eigenvalue weighted by atomic mass is 9.49. The summed E-state index contributed by atoms with van der Waals surface area (Å²) in [6, 6.07) is 0. The Balaban J connectivity index is 1.25. The zero-order valence-electron chi connectivity index (χ0n) is 15.2. The molecule has 5 heteroatoms. The van der Waals surface area contributed by atoms with Gasteiger partial charge in [0.15, 0.2) is 9.84 Å². The van der Waals surface area contributed by atoms with Gasteiger partial charge in [-0.25, -0.2) is 8.42 Å². The van der Waals surface area contributed by atoms with E-state index in [0.29, 0.717) is 19.0 Å². The van der Waals surface area contributed by atoms with E-state index >= 15 is 0 Å². The minimum absolute atomic E-state index is 0.117. The van der Waals surface area contributed by atoms with E-state index in [1.165, 1.54) is 25.7 Å². The number of amides is 1. The average molecular weight is 366 g/mol. The summed E-state index contributed by atoms with van der Waals surface area (Å²) in [7, 11) is -3.04. The lowest BCUT2D eigenvalue weighted by Crippen LogP contribution is -2.64. The predicted molar refractivity (Wildman–Crippen MR) is 96.8 cm³/mol. The Labute approximate surface area is 151 Å². The van der Waals surface area contributed by atoms with Crippen molar-refractivity contribution in [1.29, 1.82) is 0 Å². The summed E-state index contributed by atoms with van der Waals surface area (Å²) in [6.07, 6.45) is 12.2. The van der Waals surface area contributed by atoms with E-state index in [2.05, 4.69) is 0 Å². The van der Waals surface area contributed by atoms with Crippen molar-refractivity contribution in [3.05, 3.63) is 0 Å². The van der Waals surface area contributed by atoms with Crippen molar-refractivity contribution >= 4 is 15.7 Å². The van der Waals surface area contributed by atoms with E-state index in [-0.39, 0.29) is 15.9 Å². The fraction of sp³-hybridized carbons (Fsp3) is 0.950. The lowest BCUT2D eigenvalue weighted by Gasteiger charge is -2.57. The van der Waals surface area contributed by atoms with Gasteiger partial charge in [-0.3, -0.25) is 4.79 Å². The largest absolute Gasteiger partial charge is 0.339 e. The van der Waals surface area contributed by atoms with E-state index in [0.717, 1.165) is 62.7 Å². The minimum atomic E-state index is -3.04. The van der Waals surface area contributed by atoms with Gasteiger partial charge in [-0.2, -0.15) is 0 Å². The van der Waals surface area contributed by atoms with E-state index in [9.17, 15) is 13.2 Å². The van der Waals surface area contributed by atoms with Crippen molar-refractivity contribution in [1.82, 2.24) is 4.90 Å². The Morgan fingerprint density at radius 2 is 1.32 bits per heavy atom. The van der Waals surface area contributed by atoms with Gasteiger partial charge in [0.05, 0.1) is 15.9 Å². The predicted octanol–water partition coefficient (Wildman–Crippen LogP) is 3.16. The van der Waals surface area contributed by atoms with Crippen LogP contribution in [0.2, 0.25) is 0 Å². The molecule has 0 N–H and O–H groups in total. The molecule has 0 atom stereocenters. The Bertz CT molecular complexity index is 623. The van der Waals surface area contributed by atoms with Gasteiger partial charge in [-0.1, -0.05) is 19.3 Å². The smallest absolute Gasteiger partial charge is 0.228 e. The van der Waals surface area contributed by atoms with Crippen LogP contribution in [0.25, 0.3) is 0 Å². The van der Waals surface area contributed by atoms with Crippen LogP contribution in [0.15, 0.2) is 0 Å². The van der Waals surface area contributed by atoms with Gasteiger partial charge in [0, 0.05) is 13.1 Å². The second-order valence-electron chi connectivity index (χ2n) is 9.88. The first-order chi connectivity index (χ1) is 12.0. The van der Waals surface area contributed by atoms with E-state index in [1.54, 1.807) is 0 Å². The zero-order chi connectivity index (χ0) is 17.2. The first-order valence-electron chi connectivity index (χ1n) is 10.5. The summed E-state index contributed by atoms with van der Waals surface area (Å²) < 4.78 is 25.7. The molecule has 0 aromatic rings. The van der Waals surface area contributed by atoms with Crippen molar-refractivity contribution in [2.45, 2.75) is 81.1 Å². The molecule has 1 heterocycles. The highest BCUT2D eigenvalue weighted by Gasteiger charge is 2.57. The summed E-state index contributed by atoms with van der Waals surface area (Å²) in [5.74, 6) is 2.59. The number of carbonyl (C=O) groups excluding carboxylic acids is 1. The molecule has 25 heavy (non-hydrogen) atoms. The third-order valence-electron chi connectivity index (χ3n) is 8.11. The molecule has 6 rings (SSSR count). The zero-order valence-corrected chi connectivity index (χ0v) is 16.0. The Morgan fingerprint density at radius 3 is 1.84 bits per heavy atom. The molecular weight excluding hydrogens is 334 g/mol. The van der Waals surface area contributed by atoms with Gasteiger partial charge in [0.2, 0.25) is 5.91 Å². The molecule has 0 unspecified atom stereocenters. The fourth-order valence-electron chi connectivity index (χ4n) is 7.19. The molecule has 0 spiro atoms. The van der Waals surface area contributed by atoms with Gasteiger partial charge in [0.25, 0.3) is 0 Å². The standard InChI is InChI=1S/C20H31NO3S/c22-19(20-9-14-6-15(10-20)8-16(7-14)11-20)21-12-18(13-21)25(23,24)17-4-2-1-3-5-17/h14-18H,1-13H2. The second kappa shape index (κ2) is 5.71. The molecule has 6 fully saturated rings. The molecular formula is C20H31NO3S. The Morgan fingerprint density at radius 1 is 0.800 bits per heavy atom. The maximum absolute atomic E-state index is 13.3. The number of hydrogen-bond donors (Lipinski definition) is 0. The molecule has 4 nitrogen and oxygen atoms in total. The topological polar surface area (TPSA) is 54.5 Å². The molecule has 0 radical (unpaired) electrons. The number of likely N-dealkylation sites (tertiary alicyclic amines) is 1. The maximum Gasteiger partial charge on any atom is 0.228 e. The van der Waals surface area contributed by atoms with E-state index in [4.69, 9.17) is 0 Å². The molecule has 140 valence electrons. The number of rotatable bonds is 3. The number of hydrogen-bond acceptors (Lipinski definition) is 3. The molecule has 5 aliphatic carbocycles. The molecule has 0 aromatic heterocycles.